The first kappa shape index (κ1) is 9.87. The molecule has 4 atom stereocenters. The zero-order chi connectivity index (χ0) is 10.6. The summed E-state index contributed by atoms with van der Waals surface area (Å²) >= 11 is 6.13. The third-order valence-corrected chi connectivity index (χ3v) is 4.49. The van der Waals surface area contributed by atoms with E-state index in [-0.39, 0.29) is 23.1 Å². The van der Waals surface area contributed by atoms with Crippen molar-refractivity contribution < 1.29 is 19.4 Å². The third kappa shape index (κ3) is 1.19. The molecule has 3 aliphatic rings. The lowest BCUT2D eigenvalue weighted by Crippen LogP contribution is -2.39. The number of fused-ring (bicyclic) bond motifs is 3. The Morgan fingerprint density at radius 1 is 1.40 bits per heavy atom. The fourth-order valence-corrected chi connectivity index (χ4v) is 3.87. The molecule has 84 valence electrons. The first-order chi connectivity index (χ1) is 7.14. The van der Waals surface area contributed by atoms with Gasteiger partial charge < -0.3 is 14.6 Å². The minimum absolute atomic E-state index is 0.00673. The molecule has 0 unspecified atom stereocenters. The van der Waals surface area contributed by atoms with Crippen molar-refractivity contribution >= 4 is 17.6 Å². The van der Waals surface area contributed by atoms with Gasteiger partial charge in [0.25, 0.3) is 0 Å². The molecule has 4 nitrogen and oxygen atoms in total. The van der Waals surface area contributed by atoms with Gasteiger partial charge in [-0.2, -0.15) is 0 Å². The van der Waals surface area contributed by atoms with Gasteiger partial charge in [0.1, 0.15) is 0 Å². The lowest BCUT2D eigenvalue weighted by molar-refractivity contribution is -0.195. The van der Waals surface area contributed by atoms with Gasteiger partial charge in [-0.15, -0.1) is 11.6 Å². The Bertz CT molecular complexity index is 300. The van der Waals surface area contributed by atoms with E-state index in [2.05, 4.69) is 0 Å². The fraction of sp³-hybridized carbons (Fsp3) is 0.900. The maximum absolute atomic E-state index is 11.2. The van der Waals surface area contributed by atoms with E-state index in [0.717, 1.165) is 0 Å². The molecule has 2 bridgehead atoms. The second-order valence-electron chi connectivity index (χ2n) is 4.60. The van der Waals surface area contributed by atoms with E-state index in [9.17, 15) is 9.90 Å². The predicted molar refractivity (Wildman–Crippen MR) is 51.6 cm³/mol. The average molecular weight is 233 g/mol. The second-order valence-corrected chi connectivity index (χ2v) is 5.16. The summed E-state index contributed by atoms with van der Waals surface area (Å²) in [6.45, 7) is 1.14. The number of alkyl halides is 1. The molecule has 0 aromatic carbocycles. The maximum atomic E-state index is 11.2. The molecule has 1 spiro atoms. The molecule has 1 heterocycles. The van der Waals surface area contributed by atoms with Crippen LogP contribution in [0.1, 0.15) is 12.8 Å². The topological polar surface area (TPSA) is 55.8 Å². The van der Waals surface area contributed by atoms with Gasteiger partial charge in [-0.05, 0) is 12.3 Å². The quantitative estimate of drug-likeness (QED) is 0.688. The van der Waals surface area contributed by atoms with Crippen LogP contribution in [0.4, 0.5) is 0 Å². The fourth-order valence-electron chi connectivity index (χ4n) is 3.43. The van der Waals surface area contributed by atoms with Crippen molar-refractivity contribution in [3.05, 3.63) is 0 Å². The molecule has 5 heteroatoms. The van der Waals surface area contributed by atoms with E-state index in [0.29, 0.717) is 26.1 Å². The third-order valence-electron chi connectivity index (χ3n) is 3.98. The molecule has 2 aliphatic carbocycles. The molecule has 1 N–H and O–H groups in total. The largest absolute Gasteiger partial charge is 0.481 e. The number of ether oxygens (including phenoxy) is 2. The first-order valence-electron chi connectivity index (χ1n) is 5.29. The number of aliphatic carboxylic acids is 1. The predicted octanol–water partition coefficient (Wildman–Crippen LogP) is 1.08. The van der Waals surface area contributed by atoms with Crippen LogP contribution >= 0.6 is 11.6 Å². The molecule has 0 aromatic rings. The van der Waals surface area contributed by atoms with E-state index in [1.807, 2.05) is 0 Å². The molecule has 2 saturated carbocycles. The average Bonchev–Trinajstić information content (AvgIpc) is 2.81. The summed E-state index contributed by atoms with van der Waals surface area (Å²) in [5.74, 6) is -1.83. The van der Waals surface area contributed by atoms with Gasteiger partial charge in [0.05, 0.1) is 19.1 Å². The van der Waals surface area contributed by atoms with Gasteiger partial charge in [0, 0.05) is 17.7 Å². The molecular formula is C10H13ClO4. The number of halogens is 1. The van der Waals surface area contributed by atoms with E-state index < -0.39 is 11.8 Å². The van der Waals surface area contributed by atoms with Crippen molar-refractivity contribution in [3.63, 3.8) is 0 Å². The Kier molecular flexibility index (Phi) is 2.03. The van der Waals surface area contributed by atoms with E-state index in [4.69, 9.17) is 21.1 Å². The standard InChI is InChI=1S/C10H13ClO4/c11-7-3-6-8(9(12)13)5(7)4-10(6)14-1-2-15-10/h5-8H,1-4H2,(H,12,13)/t5-,6+,7+,8+/m0/s1. The van der Waals surface area contributed by atoms with Crippen LogP contribution in [-0.4, -0.2) is 35.5 Å². The molecule has 0 aromatic heterocycles. The summed E-state index contributed by atoms with van der Waals surface area (Å²) in [7, 11) is 0. The summed E-state index contributed by atoms with van der Waals surface area (Å²) in [5.41, 5.74) is 0. The van der Waals surface area contributed by atoms with Crippen molar-refractivity contribution in [1.82, 2.24) is 0 Å². The number of hydrogen-bond donors (Lipinski definition) is 1. The highest BCUT2D eigenvalue weighted by molar-refractivity contribution is 6.21. The molecule has 3 fully saturated rings. The van der Waals surface area contributed by atoms with Crippen molar-refractivity contribution in [2.75, 3.05) is 13.2 Å². The van der Waals surface area contributed by atoms with E-state index in [1.54, 1.807) is 0 Å². The van der Waals surface area contributed by atoms with E-state index >= 15 is 0 Å². The highest BCUT2D eigenvalue weighted by atomic mass is 35.5. The summed E-state index contributed by atoms with van der Waals surface area (Å²) in [6.07, 6.45) is 1.34. The van der Waals surface area contributed by atoms with Crippen molar-refractivity contribution in [2.24, 2.45) is 17.8 Å². The highest BCUT2D eigenvalue weighted by Gasteiger charge is 2.65. The Morgan fingerprint density at radius 3 is 2.60 bits per heavy atom. The number of carboxylic acid groups (broad SMARTS) is 1. The summed E-state index contributed by atoms with van der Waals surface area (Å²) in [6, 6.07) is 0. The van der Waals surface area contributed by atoms with Crippen LogP contribution in [0.15, 0.2) is 0 Å². The summed E-state index contributed by atoms with van der Waals surface area (Å²) in [5, 5.41) is 9.15. The summed E-state index contributed by atoms with van der Waals surface area (Å²) in [4.78, 5) is 11.2. The van der Waals surface area contributed by atoms with E-state index in [1.165, 1.54) is 0 Å². The lowest BCUT2D eigenvalue weighted by atomic mass is 9.93. The van der Waals surface area contributed by atoms with Crippen molar-refractivity contribution in [1.29, 1.82) is 0 Å². The molecule has 0 radical (unpaired) electrons. The van der Waals surface area contributed by atoms with Crippen LogP contribution < -0.4 is 0 Å². The van der Waals surface area contributed by atoms with Gasteiger partial charge in [-0.3, -0.25) is 4.79 Å². The minimum atomic E-state index is -0.760. The number of carboxylic acids is 1. The van der Waals surface area contributed by atoms with Crippen LogP contribution in [0.2, 0.25) is 0 Å². The summed E-state index contributed by atoms with van der Waals surface area (Å²) < 4.78 is 11.2. The highest BCUT2D eigenvalue weighted by Crippen LogP contribution is 2.59. The Labute approximate surface area is 92.5 Å². The smallest absolute Gasteiger partial charge is 0.307 e. The normalized spacial score (nSPS) is 46.5. The Balaban J connectivity index is 1.92. The lowest BCUT2D eigenvalue weighted by Gasteiger charge is -2.33. The SMILES string of the molecule is O=C(O)[C@@H]1[C@H]2CC3(OCCO3)[C@@H]1C[C@H]2Cl. The molecular weight excluding hydrogens is 220 g/mol. The Morgan fingerprint density at radius 2 is 2.07 bits per heavy atom. The van der Waals surface area contributed by atoms with Crippen LogP contribution in [0, 0.1) is 17.8 Å². The van der Waals surface area contributed by atoms with Gasteiger partial charge in [-0.1, -0.05) is 0 Å². The molecule has 1 saturated heterocycles. The van der Waals surface area contributed by atoms with Gasteiger partial charge in [0.15, 0.2) is 5.79 Å². The zero-order valence-electron chi connectivity index (χ0n) is 8.19. The molecule has 15 heavy (non-hydrogen) atoms. The van der Waals surface area contributed by atoms with Crippen molar-refractivity contribution in [3.8, 4) is 0 Å². The second kappa shape index (κ2) is 3.09. The first-order valence-corrected chi connectivity index (χ1v) is 5.72. The van der Waals surface area contributed by atoms with Gasteiger partial charge >= 0.3 is 5.97 Å². The number of rotatable bonds is 1. The van der Waals surface area contributed by atoms with Crippen molar-refractivity contribution in [2.45, 2.75) is 24.0 Å². The molecule has 3 rings (SSSR count). The number of hydrogen-bond acceptors (Lipinski definition) is 3. The van der Waals surface area contributed by atoms with Gasteiger partial charge in [-0.25, -0.2) is 0 Å². The van der Waals surface area contributed by atoms with Crippen LogP contribution in [0.25, 0.3) is 0 Å². The maximum Gasteiger partial charge on any atom is 0.307 e. The molecule has 1 aliphatic heterocycles. The monoisotopic (exact) mass is 232 g/mol. The molecule has 0 amide bonds. The number of carbonyl (C=O) groups is 1. The minimum Gasteiger partial charge on any atom is -0.481 e. The van der Waals surface area contributed by atoms with Crippen LogP contribution in [0.5, 0.6) is 0 Å². The Hall–Kier alpha value is -0.320. The van der Waals surface area contributed by atoms with Crippen LogP contribution in [0.3, 0.4) is 0 Å². The van der Waals surface area contributed by atoms with Crippen LogP contribution in [-0.2, 0) is 14.3 Å². The zero-order valence-corrected chi connectivity index (χ0v) is 8.94. The van der Waals surface area contributed by atoms with Gasteiger partial charge in [0.2, 0.25) is 0 Å².